The van der Waals surface area contributed by atoms with Crippen LogP contribution in [0, 0.1) is 0 Å². The number of hydrogen-bond donors (Lipinski definition) is 1. The third-order valence-electron chi connectivity index (χ3n) is 3.73. The molecule has 7 heteroatoms. The molecule has 0 spiro atoms. The third kappa shape index (κ3) is 3.52. The minimum atomic E-state index is -1.01. The minimum absolute atomic E-state index is 0.490. The molecular weight excluding hydrogens is 354 g/mol. The Morgan fingerprint density at radius 2 is 1.84 bits per heavy atom. The topological polar surface area (TPSA) is 71.8 Å². The van der Waals surface area contributed by atoms with E-state index in [-0.39, 0.29) is 0 Å². The van der Waals surface area contributed by atoms with Crippen molar-refractivity contribution in [1.29, 1.82) is 0 Å². The van der Waals surface area contributed by atoms with E-state index in [1.165, 1.54) is 11.8 Å². The molecular formula is C18H15N3O2S2. The number of fused-ring (bicyclic) bond motifs is 1. The molecule has 25 heavy (non-hydrogen) atoms. The molecule has 0 radical (unpaired) electrons. The minimum Gasteiger partial charge on any atom is -0.411 e. The molecule has 5 nitrogen and oxygen atoms in total. The lowest BCUT2D eigenvalue weighted by Gasteiger charge is -2.00. The van der Waals surface area contributed by atoms with Crippen LogP contribution in [0.2, 0.25) is 0 Å². The molecule has 0 bridgehead atoms. The maximum absolute atomic E-state index is 12.2. The first-order valence-corrected chi connectivity index (χ1v) is 10.1. The van der Waals surface area contributed by atoms with Crippen LogP contribution in [0.3, 0.4) is 0 Å². The van der Waals surface area contributed by atoms with Gasteiger partial charge in [-0.25, -0.2) is 0 Å². The molecule has 2 heterocycles. The normalized spacial score (nSPS) is 12.5. The maximum atomic E-state index is 12.2. The van der Waals surface area contributed by atoms with E-state index in [0.29, 0.717) is 22.6 Å². The second kappa shape index (κ2) is 7.25. The molecule has 4 aromatic rings. The van der Waals surface area contributed by atoms with Crippen molar-refractivity contribution in [3.05, 3.63) is 60.8 Å². The van der Waals surface area contributed by atoms with Crippen molar-refractivity contribution in [1.82, 2.24) is 15.2 Å². The van der Waals surface area contributed by atoms with Crippen LogP contribution in [0.4, 0.5) is 0 Å². The maximum Gasteiger partial charge on any atom is 0.276 e. The second-order valence-corrected chi connectivity index (χ2v) is 7.95. The van der Waals surface area contributed by atoms with Gasteiger partial charge < -0.3 is 9.40 Å². The average molecular weight is 369 g/mol. The van der Waals surface area contributed by atoms with Crippen LogP contribution in [-0.2, 0) is 10.8 Å². The Morgan fingerprint density at radius 3 is 2.72 bits per heavy atom. The molecule has 0 saturated carbocycles. The molecule has 0 fully saturated rings. The molecule has 0 aliphatic rings. The zero-order valence-electron chi connectivity index (χ0n) is 13.2. The first-order chi connectivity index (χ1) is 12.3. The molecule has 2 aromatic carbocycles. The first-order valence-electron chi connectivity index (χ1n) is 7.77. The van der Waals surface area contributed by atoms with Crippen LogP contribution in [-0.4, -0.2) is 30.9 Å². The van der Waals surface area contributed by atoms with Crippen LogP contribution in [0.15, 0.2) is 75.3 Å². The van der Waals surface area contributed by atoms with Crippen LogP contribution in [0.25, 0.3) is 22.4 Å². The van der Waals surface area contributed by atoms with Gasteiger partial charge in [-0.1, -0.05) is 48.2 Å². The van der Waals surface area contributed by atoms with E-state index in [1.807, 2.05) is 60.8 Å². The molecule has 0 amide bonds. The van der Waals surface area contributed by atoms with Crippen molar-refractivity contribution in [3.63, 3.8) is 0 Å². The van der Waals surface area contributed by atoms with Gasteiger partial charge in [0.1, 0.15) is 0 Å². The summed E-state index contributed by atoms with van der Waals surface area (Å²) in [5, 5.41) is 9.75. The zero-order chi connectivity index (χ0) is 17.1. The van der Waals surface area contributed by atoms with Gasteiger partial charge in [0.2, 0.25) is 0 Å². The Balaban J connectivity index is 1.41. The monoisotopic (exact) mass is 369 g/mol. The summed E-state index contributed by atoms with van der Waals surface area (Å²) in [7, 11) is -1.01. The van der Waals surface area contributed by atoms with Gasteiger partial charge in [-0.2, -0.15) is 0 Å². The molecule has 4 rings (SSSR count). The van der Waals surface area contributed by atoms with E-state index >= 15 is 0 Å². The number of aromatic amines is 1. The molecule has 0 aliphatic heterocycles. The first kappa shape index (κ1) is 16.1. The number of rotatable bonds is 6. The number of thioether (sulfide) groups is 1. The fourth-order valence-electron chi connectivity index (χ4n) is 2.52. The van der Waals surface area contributed by atoms with Crippen molar-refractivity contribution < 1.29 is 8.63 Å². The second-order valence-electron chi connectivity index (χ2n) is 5.33. The van der Waals surface area contributed by atoms with E-state index in [9.17, 15) is 4.21 Å². The lowest BCUT2D eigenvalue weighted by molar-refractivity contribution is 0.466. The van der Waals surface area contributed by atoms with Gasteiger partial charge in [-0.3, -0.25) is 4.21 Å². The Labute approximate surface area is 151 Å². The van der Waals surface area contributed by atoms with Crippen LogP contribution < -0.4 is 0 Å². The molecule has 2 aromatic heterocycles. The van der Waals surface area contributed by atoms with Gasteiger partial charge >= 0.3 is 0 Å². The SMILES string of the molecule is O=[S@](CCSc1nnc(-c2c[nH]c3ccccc23)o1)c1ccccc1. The summed E-state index contributed by atoms with van der Waals surface area (Å²) >= 11 is 1.42. The van der Waals surface area contributed by atoms with Crippen molar-refractivity contribution in [2.24, 2.45) is 0 Å². The molecule has 0 unspecified atom stereocenters. The Hall–Kier alpha value is -2.38. The van der Waals surface area contributed by atoms with E-state index < -0.39 is 10.8 Å². The Kier molecular flexibility index (Phi) is 4.67. The highest BCUT2D eigenvalue weighted by Crippen LogP contribution is 2.29. The summed E-state index contributed by atoms with van der Waals surface area (Å²) in [5.74, 6) is 1.68. The summed E-state index contributed by atoms with van der Waals surface area (Å²) < 4.78 is 17.9. The van der Waals surface area contributed by atoms with E-state index in [1.54, 1.807) is 0 Å². The van der Waals surface area contributed by atoms with E-state index in [0.717, 1.165) is 21.4 Å². The number of nitrogens with one attached hydrogen (secondary N) is 1. The number of nitrogens with zero attached hydrogens (tertiary/aromatic N) is 2. The molecule has 126 valence electrons. The van der Waals surface area contributed by atoms with Gasteiger partial charge in [0, 0.05) is 33.5 Å². The molecule has 1 atom stereocenters. The number of aromatic nitrogens is 3. The van der Waals surface area contributed by atoms with Crippen LogP contribution in [0.5, 0.6) is 0 Å². The predicted molar refractivity (Wildman–Crippen MR) is 100 cm³/mol. The van der Waals surface area contributed by atoms with Crippen molar-refractivity contribution in [3.8, 4) is 11.5 Å². The summed E-state index contributed by atoms with van der Waals surface area (Å²) in [4.78, 5) is 4.04. The highest BCUT2D eigenvalue weighted by Gasteiger charge is 2.13. The average Bonchev–Trinajstić information content (AvgIpc) is 3.29. The smallest absolute Gasteiger partial charge is 0.276 e. The van der Waals surface area contributed by atoms with Gasteiger partial charge in [0.15, 0.2) is 0 Å². The van der Waals surface area contributed by atoms with Gasteiger partial charge in [-0.15, -0.1) is 10.2 Å². The zero-order valence-corrected chi connectivity index (χ0v) is 14.8. The number of H-pyrrole nitrogens is 1. The Bertz CT molecular complexity index is 1010. The fourth-order valence-corrected chi connectivity index (χ4v) is 4.57. The highest BCUT2D eigenvalue weighted by atomic mass is 32.2. The van der Waals surface area contributed by atoms with Crippen molar-refractivity contribution >= 4 is 33.5 Å². The summed E-state index contributed by atoms with van der Waals surface area (Å²) in [6.45, 7) is 0. The number of para-hydroxylation sites is 1. The lowest BCUT2D eigenvalue weighted by Crippen LogP contribution is -2.00. The van der Waals surface area contributed by atoms with Crippen molar-refractivity contribution in [2.75, 3.05) is 11.5 Å². The summed E-state index contributed by atoms with van der Waals surface area (Å²) in [5.41, 5.74) is 1.92. The largest absolute Gasteiger partial charge is 0.411 e. The Morgan fingerprint density at radius 1 is 1.04 bits per heavy atom. The lowest BCUT2D eigenvalue weighted by atomic mass is 10.2. The number of hydrogen-bond acceptors (Lipinski definition) is 5. The van der Waals surface area contributed by atoms with Crippen LogP contribution in [0.1, 0.15) is 0 Å². The number of benzene rings is 2. The fraction of sp³-hybridized carbons (Fsp3) is 0.111. The summed E-state index contributed by atoms with van der Waals surface area (Å²) in [6.07, 6.45) is 1.87. The van der Waals surface area contributed by atoms with Gasteiger partial charge in [0.05, 0.1) is 16.4 Å². The van der Waals surface area contributed by atoms with Gasteiger partial charge in [0.25, 0.3) is 11.1 Å². The molecule has 0 aliphatic carbocycles. The van der Waals surface area contributed by atoms with Crippen LogP contribution >= 0.6 is 11.8 Å². The highest BCUT2D eigenvalue weighted by molar-refractivity contribution is 8.00. The third-order valence-corrected chi connectivity index (χ3v) is 6.18. The molecule has 1 N–H and O–H groups in total. The van der Waals surface area contributed by atoms with Crippen molar-refractivity contribution in [2.45, 2.75) is 10.1 Å². The molecule has 0 saturated heterocycles. The van der Waals surface area contributed by atoms with E-state index in [4.69, 9.17) is 4.42 Å². The predicted octanol–water partition coefficient (Wildman–Crippen LogP) is 4.12. The van der Waals surface area contributed by atoms with E-state index in [2.05, 4.69) is 15.2 Å². The van der Waals surface area contributed by atoms with Gasteiger partial charge in [-0.05, 0) is 18.2 Å². The quantitative estimate of drug-likeness (QED) is 0.518. The summed E-state index contributed by atoms with van der Waals surface area (Å²) in [6, 6.07) is 17.4. The standard InChI is InChI=1S/C18H15N3O2S2/c22-25(13-6-2-1-3-7-13)11-10-24-18-21-20-17(23-18)15-12-19-16-9-5-4-8-14(15)16/h1-9,12,19H,10-11H2/t25-/m1/s1.